The van der Waals surface area contributed by atoms with Gasteiger partial charge in [0.15, 0.2) is 5.82 Å². The van der Waals surface area contributed by atoms with Crippen molar-refractivity contribution in [3.8, 4) is 5.75 Å². The molecule has 0 fully saturated rings. The largest absolute Gasteiger partial charge is 0.495 e. The summed E-state index contributed by atoms with van der Waals surface area (Å²) >= 11 is 0. The molecule has 0 aliphatic heterocycles. The van der Waals surface area contributed by atoms with Gasteiger partial charge in [-0.2, -0.15) is 4.98 Å². The number of nitrogens with zero attached hydrogens (tertiary/aromatic N) is 2. The van der Waals surface area contributed by atoms with Gasteiger partial charge in [-0.1, -0.05) is 17.3 Å². The zero-order valence-electron chi connectivity index (χ0n) is 11.3. The fourth-order valence-corrected chi connectivity index (χ4v) is 1.64. The van der Waals surface area contributed by atoms with E-state index in [0.29, 0.717) is 29.7 Å². The van der Waals surface area contributed by atoms with E-state index in [1.165, 1.54) is 0 Å². The fourth-order valence-electron chi connectivity index (χ4n) is 1.64. The van der Waals surface area contributed by atoms with Crippen molar-refractivity contribution in [1.82, 2.24) is 15.5 Å². The Labute approximate surface area is 116 Å². The van der Waals surface area contributed by atoms with Gasteiger partial charge in [0, 0.05) is 0 Å². The molecule has 1 amide bonds. The van der Waals surface area contributed by atoms with Crippen LogP contribution in [0.1, 0.15) is 11.7 Å². The molecule has 2 aromatic rings. The third-order valence-electron chi connectivity index (χ3n) is 2.51. The Kier molecular flexibility index (Phi) is 4.67. The van der Waals surface area contributed by atoms with Gasteiger partial charge < -0.3 is 14.6 Å². The van der Waals surface area contributed by atoms with Crippen LogP contribution in [-0.4, -0.2) is 29.7 Å². The highest BCUT2D eigenvalue weighted by molar-refractivity contribution is 5.93. The number of carbonyl (C=O) groups is 1. The second-order valence-electron chi connectivity index (χ2n) is 4.09. The van der Waals surface area contributed by atoms with Crippen LogP contribution in [0.2, 0.25) is 0 Å². The molecule has 1 aromatic carbocycles. The Balaban J connectivity index is 1.80. The number of anilines is 1. The second-order valence-corrected chi connectivity index (χ2v) is 4.09. The van der Waals surface area contributed by atoms with E-state index in [-0.39, 0.29) is 12.5 Å². The number of rotatable bonds is 6. The van der Waals surface area contributed by atoms with Crippen molar-refractivity contribution in [1.29, 1.82) is 0 Å². The van der Waals surface area contributed by atoms with E-state index in [1.54, 1.807) is 26.2 Å². The molecule has 0 atom stereocenters. The smallest absolute Gasteiger partial charge is 0.240 e. The molecule has 2 N–H and O–H groups in total. The minimum Gasteiger partial charge on any atom is -0.495 e. The monoisotopic (exact) mass is 276 g/mol. The number of benzene rings is 1. The number of aryl methyl sites for hydroxylation is 1. The minimum absolute atomic E-state index is 0.138. The summed E-state index contributed by atoms with van der Waals surface area (Å²) in [6, 6.07) is 7.22. The molecule has 0 unspecified atom stereocenters. The van der Waals surface area contributed by atoms with Gasteiger partial charge in [0.2, 0.25) is 11.8 Å². The van der Waals surface area contributed by atoms with E-state index in [9.17, 15) is 4.79 Å². The maximum absolute atomic E-state index is 11.8. The van der Waals surface area contributed by atoms with Crippen LogP contribution in [0.3, 0.4) is 0 Å². The highest BCUT2D eigenvalue weighted by Gasteiger charge is 2.07. The molecular formula is C13H16N4O3. The van der Waals surface area contributed by atoms with E-state index in [2.05, 4.69) is 20.8 Å². The standard InChI is InChI=1S/C13H16N4O3/c1-9-15-13(20-17-9)8-14-7-12(18)16-10-5-3-4-6-11(10)19-2/h3-6,14H,7-8H2,1-2H3,(H,16,18). The Morgan fingerprint density at radius 3 is 2.90 bits per heavy atom. The van der Waals surface area contributed by atoms with Gasteiger partial charge in [-0.05, 0) is 19.1 Å². The Morgan fingerprint density at radius 2 is 2.20 bits per heavy atom. The summed E-state index contributed by atoms with van der Waals surface area (Å²) in [4.78, 5) is 15.8. The van der Waals surface area contributed by atoms with Crippen LogP contribution in [0.15, 0.2) is 28.8 Å². The van der Waals surface area contributed by atoms with E-state index in [0.717, 1.165) is 0 Å². The van der Waals surface area contributed by atoms with Crippen molar-refractivity contribution in [2.75, 3.05) is 19.0 Å². The van der Waals surface area contributed by atoms with Crippen molar-refractivity contribution in [2.24, 2.45) is 0 Å². The van der Waals surface area contributed by atoms with Crippen LogP contribution in [-0.2, 0) is 11.3 Å². The quantitative estimate of drug-likeness (QED) is 0.821. The van der Waals surface area contributed by atoms with E-state index >= 15 is 0 Å². The van der Waals surface area contributed by atoms with Crippen LogP contribution >= 0.6 is 0 Å². The molecule has 0 spiro atoms. The van der Waals surface area contributed by atoms with E-state index in [4.69, 9.17) is 9.26 Å². The Hall–Kier alpha value is -2.41. The number of methoxy groups -OCH3 is 1. The van der Waals surface area contributed by atoms with Gasteiger partial charge in [0.1, 0.15) is 5.75 Å². The number of hydrogen-bond donors (Lipinski definition) is 2. The predicted octanol–water partition coefficient (Wildman–Crippen LogP) is 1.11. The van der Waals surface area contributed by atoms with Crippen molar-refractivity contribution in [2.45, 2.75) is 13.5 Å². The molecule has 106 valence electrons. The minimum atomic E-state index is -0.175. The molecule has 2 rings (SSSR count). The first-order chi connectivity index (χ1) is 9.69. The molecule has 0 aliphatic carbocycles. The van der Waals surface area contributed by atoms with E-state index in [1.807, 2.05) is 12.1 Å². The average molecular weight is 276 g/mol. The summed E-state index contributed by atoms with van der Waals surface area (Å²) in [5.74, 6) is 1.46. The van der Waals surface area contributed by atoms with Crippen LogP contribution in [0.25, 0.3) is 0 Å². The van der Waals surface area contributed by atoms with Crippen LogP contribution < -0.4 is 15.4 Å². The fraction of sp³-hybridized carbons (Fsp3) is 0.308. The molecule has 20 heavy (non-hydrogen) atoms. The number of para-hydroxylation sites is 2. The molecule has 1 heterocycles. The Morgan fingerprint density at radius 1 is 1.40 bits per heavy atom. The van der Waals surface area contributed by atoms with Crippen LogP contribution in [0.5, 0.6) is 5.75 Å². The summed E-state index contributed by atoms with van der Waals surface area (Å²) < 4.78 is 10.1. The number of hydrogen-bond acceptors (Lipinski definition) is 6. The number of nitrogens with one attached hydrogen (secondary N) is 2. The first-order valence-corrected chi connectivity index (χ1v) is 6.12. The van der Waals surface area contributed by atoms with Gasteiger partial charge in [-0.3, -0.25) is 10.1 Å². The molecule has 0 radical (unpaired) electrons. The highest BCUT2D eigenvalue weighted by Crippen LogP contribution is 2.22. The van der Waals surface area contributed by atoms with Gasteiger partial charge in [0.25, 0.3) is 0 Å². The van der Waals surface area contributed by atoms with E-state index < -0.39 is 0 Å². The summed E-state index contributed by atoms with van der Waals surface area (Å²) in [6.45, 7) is 2.22. The van der Waals surface area contributed by atoms with Crippen molar-refractivity contribution in [3.05, 3.63) is 36.0 Å². The van der Waals surface area contributed by atoms with Gasteiger partial charge >= 0.3 is 0 Å². The number of aromatic nitrogens is 2. The van der Waals surface area contributed by atoms with Crippen LogP contribution in [0, 0.1) is 6.92 Å². The molecule has 0 bridgehead atoms. The maximum Gasteiger partial charge on any atom is 0.240 e. The molecule has 7 nitrogen and oxygen atoms in total. The van der Waals surface area contributed by atoms with Gasteiger partial charge in [-0.25, -0.2) is 0 Å². The maximum atomic E-state index is 11.8. The lowest BCUT2D eigenvalue weighted by atomic mass is 10.3. The lowest BCUT2D eigenvalue weighted by Crippen LogP contribution is -2.28. The molecule has 0 aliphatic rings. The van der Waals surface area contributed by atoms with Crippen LogP contribution in [0.4, 0.5) is 5.69 Å². The Bertz CT molecular complexity index is 583. The molecule has 1 aromatic heterocycles. The normalized spacial score (nSPS) is 10.3. The first-order valence-electron chi connectivity index (χ1n) is 6.12. The molecule has 7 heteroatoms. The summed E-state index contributed by atoms with van der Waals surface area (Å²) in [7, 11) is 1.56. The van der Waals surface area contributed by atoms with Gasteiger partial charge in [-0.15, -0.1) is 0 Å². The van der Waals surface area contributed by atoms with Crippen molar-refractivity contribution in [3.63, 3.8) is 0 Å². The summed E-state index contributed by atoms with van der Waals surface area (Å²) in [5, 5.41) is 9.34. The number of amides is 1. The first kappa shape index (κ1) is 14.0. The molecule has 0 saturated heterocycles. The third-order valence-corrected chi connectivity index (χ3v) is 2.51. The second kappa shape index (κ2) is 6.67. The molecular weight excluding hydrogens is 260 g/mol. The lowest BCUT2D eigenvalue weighted by Gasteiger charge is -2.09. The van der Waals surface area contributed by atoms with Crippen molar-refractivity contribution < 1.29 is 14.1 Å². The SMILES string of the molecule is COc1ccccc1NC(=O)CNCc1nc(C)no1. The topological polar surface area (TPSA) is 89.3 Å². The highest BCUT2D eigenvalue weighted by atomic mass is 16.5. The zero-order valence-corrected chi connectivity index (χ0v) is 11.3. The summed E-state index contributed by atoms with van der Waals surface area (Å²) in [6.07, 6.45) is 0. The summed E-state index contributed by atoms with van der Waals surface area (Å²) in [5.41, 5.74) is 0.635. The van der Waals surface area contributed by atoms with Crippen molar-refractivity contribution >= 4 is 11.6 Å². The lowest BCUT2D eigenvalue weighted by molar-refractivity contribution is -0.115. The molecule has 0 saturated carbocycles. The van der Waals surface area contributed by atoms with Gasteiger partial charge in [0.05, 0.1) is 25.9 Å². The predicted molar refractivity (Wildman–Crippen MR) is 72.4 cm³/mol. The third kappa shape index (κ3) is 3.79. The number of ether oxygens (including phenoxy) is 1. The zero-order chi connectivity index (χ0) is 14.4. The average Bonchev–Trinajstić information content (AvgIpc) is 2.85. The number of carbonyl (C=O) groups excluding carboxylic acids is 1.